The fourth-order valence-corrected chi connectivity index (χ4v) is 4.29. The van der Waals surface area contributed by atoms with Crippen LogP contribution in [0.15, 0.2) is 99.5 Å². The highest BCUT2D eigenvalue weighted by Gasteiger charge is 2.18. The molecule has 1 heterocycles. The van der Waals surface area contributed by atoms with Crippen LogP contribution in [0.1, 0.15) is 5.56 Å². The van der Waals surface area contributed by atoms with Gasteiger partial charge in [-0.1, -0.05) is 84.6 Å². The van der Waals surface area contributed by atoms with Gasteiger partial charge in [0, 0.05) is 17.7 Å². The summed E-state index contributed by atoms with van der Waals surface area (Å²) in [4.78, 5) is 17.0. The van der Waals surface area contributed by atoms with Crippen molar-refractivity contribution in [3.8, 4) is 22.6 Å². The fourth-order valence-electron chi connectivity index (χ4n) is 3.12. The van der Waals surface area contributed by atoms with Crippen LogP contribution < -0.4 is 10.5 Å². The van der Waals surface area contributed by atoms with E-state index in [2.05, 4.69) is 10.3 Å². The van der Waals surface area contributed by atoms with Crippen molar-refractivity contribution in [1.82, 2.24) is 10.3 Å². The third kappa shape index (κ3) is 5.89. The maximum absolute atomic E-state index is 12.3. The average molecular weight is 480 g/mol. The minimum Gasteiger partial charge on any atom is -0.431 e. The van der Waals surface area contributed by atoms with Gasteiger partial charge in [0.2, 0.25) is 15.9 Å². The van der Waals surface area contributed by atoms with Crippen LogP contribution in [-0.2, 0) is 21.4 Å². The van der Waals surface area contributed by atoms with E-state index >= 15 is 0 Å². The number of nitrogens with two attached hydrogens (primary N) is 1. The molecule has 0 unspecified atom stereocenters. The Morgan fingerprint density at radius 2 is 1.52 bits per heavy atom. The van der Waals surface area contributed by atoms with Crippen molar-refractivity contribution < 1.29 is 17.6 Å². The smallest absolute Gasteiger partial charge is 0.257 e. The number of thioether (sulfide) groups is 1. The standard InChI is InChI=1S/C24H21N3O4S2/c25-33(29,30)20-13-11-17(12-14-20)15-26-21(28)16-32-24-27-22(18-7-3-1-4-8-18)23(31-24)19-9-5-2-6-10-19/h1-14H,15-16H2,(H,26,28)(H2,25,29,30). The second-order valence-electron chi connectivity index (χ2n) is 7.14. The van der Waals surface area contributed by atoms with Crippen molar-refractivity contribution in [3.63, 3.8) is 0 Å². The SMILES string of the molecule is NS(=O)(=O)c1ccc(CNC(=O)CSc2nc(-c3ccccc3)c(-c3ccccc3)o2)cc1. The van der Waals surface area contributed by atoms with E-state index in [1.54, 1.807) is 12.1 Å². The molecule has 0 aliphatic heterocycles. The molecule has 0 fully saturated rings. The average Bonchev–Trinajstić information content (AvgIpc) is 3.27. The topological polar surface area (TPSA) is 115 Å². The van der Waals surface area contributed by atoms with Gasteiger partial charge in [-0.15, -0.1) is 0 Å². The van der Waals surface area contributed by atoms with E-state index in [1.165, 1.54) is 23.9 Å². The number of hydrogen-bond acceptors (Lipinski definition) is 6. The summed E-state index contributed by atoms with van der Waals surface area (Å²) in [5.74, 6) is 0.578. The van der Waals surface area contributed by atoms with Gasteiger partial charge in [-0.25, -0.2) is 18.5 Å². The van der Waals surface area contributed by atoms with Crippen LogP contribution in [0.3, 0.4) is 0 Å². The number of amides is 1. The normalized spacial score (nSPS) is 11.3. The first-order chi connectivity index (χ1) is 15.9. The zero-order valence-corrected chi connectivity index (χ0v) is 19.1. The van der Waals surface area contributed by atoms with Crippen molar-refractivity contribution in [1.29, 1.82) is 0 Å². The quantitative estimate of drug-likeness (QED) is 0.368. The molecule has 0 saturated heterocycles. The predicted octanol–water partition coefficient (Wildman–Crippen LogP) is 4.06. The Morgan fingerprint density at radius 3 is 2.12 bits per heavy atom. The Hall–Kier alpha value is -3.40. The molecule has 0 radical (unpaired) electrons. The van der Waals surface area contributed by atoms with Gasteiger partial charge in [-0.2, -0.15) is 0 Å². The number of nitrogens with zero attached hydrogens (tertiary/aromatic N) is 1. The van der Waals surface area contributed by atoms with E-state index < -0.39 is 10.0 Å². The van der Waals surface area contributed by atoms with E-state index in [0.717, 1.165) is 22.4 Å². The molecule has 1 aromatic heterocycles. The first-order valence-corrected chi connectivity index (χ1v) is 12.6. The van der Waals surface area contributed by atoms with E-state index in [-0.39, 0.29) is 23.1 Å². The molecule has 3 aromatic carbocycles. The second-order valence-corrected chi connectivity index (χ2v) is 9.63. The van der Waals surface area contributed by atoms with E-state index in [4.69, 9.17) is 9.56 Å². The number of primary sulfonamides is 1. The zero-order chi connectivity index (χ0) is 23.3. The Morgan fingerprint density at radius 1 is 0.909 bits per heavy atom. The minimum absolute atomic E-state index is 0.0282. The molecule has 0 atom stereocenters. The number of sulfonamides is 1. The number of nitrogens with one attached hydrogen (secondary N) is 1. The highest BCUT2D eigenvalue weighted by atomic mass is 32.2. The number of oxazole rings is 1. The first-order valence-electron chi connectivity index (χ1n) is 10.0. The van der Waals surface area contributed by atoms with Crippen LogP contribution >= 0.6 is 11.8 Å². The third-order valence-electron chi connectivity index (χ3n) is 4.76. The number of carbonyl (C=O) groups excluding carboxylic acids is 1. The maximum Gasteiger partial charge on any atom is 0.257 e. The van der Waals surface area contributed by atoms with Gasteiger partial charge in [0.25, 0.3) is 5.22 Å². The minimum atomic E-state index is -3.74. The van der Waals surface area contributed by atoms with Crippen molar-refractivity contribution in [3.05, 3.63) is 90.5 Å². The molecule has 7 nitrogen and oxygen atoms in total. The predicted molar refractivity (Wildman–Crippen MR) is 128 cm³/mol. The van der Waals surface area contributed by atoms with Crippen molar-refractivity contribution in [2.45, 2.75) is 16.7 Å². The lowest BCUT2D eigenvalue weighted by molar-refractivity contribution is -0.118. The largest absolute Gasteiger partial charge is 0.431 e. The van der Waals surface area contributed by atoms with Crippen molar-refractivity contribution in [2.24, 2.45) is 5.14 Å². The van der Waals surface area contributed by atoms with Gasteiger partial charge in [0.1, 0.15) is 5.69 Å². The molecular weight excluding hydrogens is 458 g/mol. The van der Waals surface area contributed by atoms with Crippen LogP contribution in [0.2, 0.25) is 0 Å². The summed E-state index contributed by atoms with van der Waals surface area (Å²) in [5, 5.41) is 8.30. The van der Waals surface area contributed by atoms with Crippen LogP contribution in [0.5, 0.6) is 0 Å². The number of benzene rings is 3. The summed E-state index contributed by atoms with van der Waals surface area (Å²) in [6.45, 7) is 0.264. The highest BCUT2D eigenvalue weighted by Crippen LogP contribution is 2.35. The molecule has 9 heteroatoms. The summed E-state index contributed by atoms with van der Waals surface area (Å²) in [6.07, 6.45) is 0. The Bertz CT molecular complexity index is 1280. The fraction of sp³-hybridized carbons (Fsp3) is 0.0833. The maximum atomic E-state index is 12.3. The number of hydrogen-bond donors (Lipinski definition) is 2. The molecular formula is C24H21N3O4S2. The van der Waals surface area contributed by atoms with E-state index in [0.29, 0.717) is 11.0 Å². The molecule has 0 aliphatic carbocycles. The zero-order valence-electron chi connectivity index (χ0n) is 17.5. The van der Waals surface area contributed by atoms with Crippen molar-refractivity contribution in [2.75, 3.05) is 5.75 Å². The first kappa shape index (κ1) is 22.8. The number of aromatic nitrogens is 1. The summed E-state index contributed by atoms with van der Waals surface area (Å²) in [5.41, 5.74) is 3.32. The molecule has 0 bridgehead atoms. The summed E-state index contributed by atoms with van der Waals surface area (Å²) in [7, 11) is -3.74. The molecule has 4 aromatic rings. The van der Waals surface area contributed by atoms with E-state index in [1.807, 2.05) is 60.7 Å². The van der Waals surface area contributed by atoms with Gasteiger partial charge in [-0.05, 0) is 17.7 Å². The van der Waals surface area contributed by atoms with Gasteiger partial charge in [0.15, 0.2) is 5.76 Å². The second kappa shape index (κ2) is 10.0. The van der Waals surface area contributed by atoms with Crippen LogP contribution in [0.4, 0.5) is 0 Å². The highest BCUT2D eigenvalue weighted by molar-refractivity contribution is 7.99. The monoisotopic (exact) mass is 479 g/mol. The van der Waals surface area contributed by atoms with Gasteiger partial charge in [0.05, 0.1) is 10.6 Å². The molecule has 3 N–H and O–H groups in total. The molecule has 4 rings (SSSR count). The lowest BCUT2D eigenvalue weighted by Gasteiger charge is -2.05. The molecule has 168 valence electrons. The Balaban J connectivity index is 1.42. The number of carbonyl (C=O) groups is 1. The Labute approximate surface area is 196 Å². The molecule has 0 saturated carbocycles. The van der Waals surface area contributed by atoms with Crippen LogP contribution in [-0.4, -0.2) is 25.1 Å². The molecule has 1 amide bonds. The Kier molecular flexibility index (Phi) is 6.93. The van der Waals surface area contributed by atoms with Gasteiger partial charge >= 0.3 is 0 Å². The lowest BCUT2D eigenvalue weighted by Crippen LogP contribution is -2.24. The van der Waals surface area contributed by atoms with Crippen LogP contribution in [0.25, 0.3) is 22.6 Å². The molecule has 0 aliphatic rings. The van der Waals surface area contributed by atoms with E-state index in [9.17, 15) is 13.2 Å². The molecule has 33 heavy (non-hydrogen) atoms. The third-order valence-corrected chi connectivity index (χ3v) is 6.52. The molecule has 0 spiro atoms. The number of rotatable bonds is 8. The summed E-state index contributed by atoms with van der Waals surface area (Å²) < 4.78 is 28.7. The van der Waals surface area contributed by atoms with Crippen molar-refractivity contribution >= 4 is 27.7 Å². The summed E-state index contributed by atoms with van der Waals surface area (Å²) in [6, 6.07) is 25.5. The van der Waals surface area contributed by atoms with Gasteiger partial charge < -0.3 is 9.73 Å². The van der Waals surface area contributed by atoms with Gasteiger partial charge in [-0.3, -0.25) is 4.79 Å². The lowest BCUT2D eigenvalue weighted by atomic mass is 10.1. The van der Waals surface area contributed by atoms with Crippen LogP contribution in [0, 0.1) is 0 Å². The summed E-state index contributed by atoms with van der Waals surface area (Å²) >= 11 is 1.21.